The van der Waals surface area contributed by atoms with Crippen molar-refractivity contribution in [2.75, 3.05) is 11.9 Å². The van der Waals surface area contributed by atoms with Crippen molar-refractivity contribution in [3.63, 3.8) is 0 Å². The second-order valence-electron chi connectivity index (χ2n) is 9.55. The van der Waals surface area contributed by atoms with E-state index in [0.29, 0.717) is 23.8 Å². The molecule has 2 N–H and O–H groups in total. The summed E-state index contributed by atoms with van der Waals surface area (Å²) in [5, 5.41) is 12.7. The summed E-state index contributed by atoms with van der Waals surface area (Å²) in [5.74, 6) is 1.26. The van der Waals surface area contributed by atoms with E-state index in [1.54, 1.807) is 0 Å². The first-order valence-electron chi connectivity index (χ1n) is 10.6. The molecule has 4 aliphatic rings. The lowest BCUT2D eigenvalue weighted by atomic mass is 9.80. The Bertz CT molecular complexity index is 781. The second-order valence-corrected chi connectivity index (χ2v) is 9.96. The van der Waals surface area contributed by atoms with Crippen molar-refractivity contribution in [2.45, 2.75) is 57.4 Å². The maximum absolute atomic E-state index is 14.7. The summed E-state index contributed by atoms with van der Waals surface area (Å²) in [6.07, 6.45) is 8.64. The molecule has 1 aromatic carbocycles. The number of nitrogens with one attached hydrogen (secondary N) is 1. The Hall–Kier alpha value is -1.49. The molecule has 4 fully saturated rings. The molecule has 5 rings (SSSR count). The molecule has 2 bridgehead atoms. The number of fused-ring (bicyclic) bond motifs is 1. The van der Waals surface area contributed by atoms with E-state index < -0.39 is 17.7 Å². The smallest absolute Gasteiger partial charge is 0.308 e. The summed E-state index contributed by atoms with van der Waals surface area (Å²) >= 11 is 6.39. The average molecular weight is 408 g/mol. The van der Waals surface area contributed by atoms with E-state index in [9.17, 15) is 14.3 Å². The van der Waals surface area contributed by atoms with Crippen LogP contribution in [0.1, 0.15) is 51.4 Å². The molecule has 0 radical (unpaired) electrons. The van der Waals surface area contributed by atoms with E-state index in [4.69, 9.17) is 16.3 Å². The first-order chi connectivity index (χ1) is 13.4. The predicted octanol–water partition coefficient (Wildman–Crippen LogP) is 5.35. The van der Waals surface area contributed by atoms with E-state index in [-0.39, 0.29) is 17.1 Å². The SMILES string of the molecule is O=C(O)C1CCCC1Nc1cc(Cl)c(OCC23CC4[C@H](CC[C@H]4C2)C3)cc1F. The molecule has 152 valence electrons. The van der Waals surface area contributed by atoms with Crippen LogP contribution >= 0.6 is 11.6 Å². The number of aliphatic carboxylic acids is 1. The summed E-state index contributed by atoms with van der Waals surface area (Å²) in [6, 6.07) is 2.62. The van der Waals surface area contributed by atoms with E-state index >= 15 is 0 Å². The van der Waals surface area contributed by atoms with Crippen LogP contribution in [0.5, 0.6) is 5.75 Å². The van der Waals surface area contributed by atoms with Gasteiger partial charge in [-0.15, -0.1) is 0 Å². The quantitative estimate of drug-likeness (QED) is 0.667. The number of ether oxygens (including phenoxy) is 1. The van der Waals surface area contributed by atoms with Gasteiger partial charge in [-0.25, -0.2) is 4.39 Å². The Morgan fingerprint density at radius 2 is 1.96 bits per heavy atom. The summed E-state index contributed by atoms with van der Waals surface area (Å²) in [6.45, 7) is 0.617. The van der Waals surface area contributed by atoms with Crippen LogP contribution in [0, 0.1) is 34.9 Å². The Labute approximate surface area is 169 Å². The van der Waals surface area contributed by atoms with Gasteiger partial charge in [-0.2, -0.15) is 0 Å². The van der Waals surface area contributed by atoms with Gasteiger partial charge in [0.15, 0.2) is 0 Å². The molecule has 4 nitrogen and oxygen atoms in total. The van der Waals surface area contributed by atoms with Crippen LogP contribution in [0.25, 0.3) is 0 Å². The van der Waals surface area contributed by atoms with Gasteiger partial charge in [-0.1, -0.05) is 18.0 Å². The molecule has 6 heteroatoms. The van der Waals surface area contributed by atoms with E-state index in [1.165, 1.54) is 44.2 Å². The molecule has 0 spiro atoms. The Balaban J connectivity index is 1.27. The highest BCUT2D eigenvalue weighted by Crippen LogP contribution is 2.65. The van der Waals surface area contributed by atoms with Crippen LogP contribution in [-0.4, -0.2) is 23.7 Å². The molecule has 0 aromatic heterocycles. The van der Waals surface area contributed by atoms with Crippen molar-refractivity contribution in [1.29, 1.82) is 0 Å². The van der Waals surface area contributed by atoms with E-state index in [1.807, 2.05) is 0 Å². The Kier molecular flexibility index (Phi) is 4.49. The molecule has 0 aliphatic heterocycles. The first kappa shape index (κ1) is 18.5. The zero-order valence-electron chi connectivity index (χ0n) is 15.9. The van der Waals surface area contributed by atoms with Gasteiger partial charge in [0.05, 0.1) is 23.2 Å². The predicted molar refractivity (Wildman–Crippen MR) is 105 cm³/mol. The standard InChI is InChI=1S/C22H27ClFNO3/c23-16-6-19(25-18-3-1-2-14(18)21(26)27)17(24)7-20(16)28-11-22-8-12-4-5-13(9-22)15(12)10-22/h6-7,12-15,18,25H,1-5,8-11H2,(H,26,27)/t12-,13+,14?,15?,18?,22?. The minimum Gasteiger partial charge on any atom is -0.491 e. The third kappa shape index (κ3) is 3.06. The highest BCUT2D eigenvalue weighted by atomic mass is 35.5. The van der Waals surface area contributed by atoms with Gasteiger partial charge in [-0.05, 0) is 68.8 Å². The fourth-order valence-corrected chi connectivity index (χ4v) is 6.95. The van der Waals surface area contributed by atoms with Crippen molar-refractivity contribution in [1.82, 2.24) is 0 Å². The maximum atomic E-state index is 14.7. The highest BCUT2D eigenvalue weighted by Gasteiger charge is 2.58. The molecular weight excluding hydrogens is 381 g/mol. The number of carboxylic acids is 1. The van der Waals surface area contributed by atoms with Gasteiger partial charge in [-0.3, -0.25) is 4.79 Å². The molecule has 4 saturated carbocycles. The monoisotopic (exact) mass is 407 g/mol. The lowest BCUT2D eigenvalue weighted by Gasteiger charge is -2.29. The minimum atomic E-state index is -0.832. The Morgan fingerprint density at radius 1 is 1.21 bits per heavy atom. The molecule has 4 aliphatic carbocycles. The summed E-state index contributed by atoms with van der Waals surface area (Å²) in [4.78, 5) is 11.4. The average Bonchev–Trinajstić information content (AvgIpc) is 3.37. The summed E-state index contributed by atoms with van der Waals surface area (Å²) in [5.41, 5.74) is 0.514. The fraction of sp³-hybridized carbons (Fsp3) is 0.682. The number of hydrogen-bond acceptors (Lipinski definition) is 3. The van der Waals surface area contributed by atoms with Crippen LogP contribution < -0.4 is 10.1 Å². The van der Waals surface area contributed by atoms with Gasteiger partial charge >= 0.3 is 5.97 Å². The number of halogens is 2. The fourth-order valence-electron chi connectivity index (χ4n) is 6.73. The van der Waals surface area contributed by atoms with Crippen LogP contribution in [0.3, 0.4) is 0 Å². The van der Waals surface area contributed by atoms with Gasteiger partial charge in [0.25, 0.3) is 0 Å². The third-order valence-corrected chi connectivity index (χ3v) is 8.20. The van der Waals surface area contributed by atoms with Crippen LogP contribution in [-0.2, 0) is 4.79 Å². The van der Waals surface area contributed by atoms with Crippen molar-refractivity contribution in [3.05, 3.63) is 23.0 Å². The number of rotatable bonds is 6. The number of anilines is 1. The molecule has 28 heavy (non-hydrogen) atoms. The van der Waals surface area contributed by atoms with Gasteiger partial charge in [0.2, 0.25) is 0 Å². The van der Waals surface area contributed by atoms with E-state index in [2.05, 4.69) is 5.32 Å². The number of carboxylic acid groups (broad SMARTS) is 1. The number of benzene rings is 1. The molecule has 6 atom stereocenters. The highest BCUT2D eigenvalue weighted by molar-refractivity contribution is 6.32. The third-order valence-electron chi connectivity index (χ3n) is 7.91. The molecular formula is C22H27ClFNO3. The lowest BCUT2D eigenvalue weighted by Crippen LogP contribution is -2.30. The molecule has 0 heterocycles. The van der Waals surface area contributed by atoms with Crippen LogP contribution in [0.4, 0.5) is 10.1 Å². The first-order valence-corrected chi connectivity index (χ1v) is 10.9. The van der Waals surface area contributed by atoms with Gasteiger partial charge in [0.1, 0.15) is 11.6 Å². The zero-order valence-corrected chi connectivity index (χ0v) is 16.7. The molecule has 4 unspecified atom stereocenters. The second kappa shape index (κ2) is 6.79. The Morgan fingerprint density at radius 3 is 2.64 bits per heavy atom. The number of carbonyl (C=O) groups is 1. The summed E-state index contributed by atoms with van der Waals surface area (Å²) < 4.78 is 20.7. The van der Waals surface area contributed by atoms with E-state index in [0.717, 1.165) is 30.6 Å². The van der Waals surface area contributed by atoms with Crippen LogP contribution in [0.15, 0.2) is 12.1 Å². The van der Waals surface area contributed by atoms with Crippen LogP contribution in [0.2, 0.25) is 5.02 Å². The van der Waals surface area contributed by atoms with Crippen molar-refractivity contribution >= 4 is 23.3 Å². The number of hydrogen-bond donors (Lipinski definition) is 2. The lowest BCUT2D eigenvalue weighted by molar-refractivity contribution is -0.141. The van der Waals surface area contributed by atoms with Crippen molar-refractivity contribution in [3.8, 4) is 5.75 Å². The minimum absolute atomic E-state index is 0.256. The maximum Gasteiger partial charge on any atom is 0.308 e. The largest absolute Gasteiger partial charge is 0.491 e. The van der Waals surface area contributed by atoms with Gasteiger partial charge < -0.3 is 15.2 Å². The summed E-state index contributed by atoms with van der Waals surface area (Å²) in [7, 11) is 0. The normalized spacial score (nSPS) is 38.1. The topological polar surface area (TPSA) is 58.6 Å². The molecule has 1 aromatic rings. The molecule has 0 saturated heterocycles. The van der Waals surface area contributed by atoms with Gasteiger partial charge in [0, 0.05) is 17.5 Å². The zero-order chi connectivity index (χ0) is 19.5. The van der Waals surface area contributed by atoms with Crippen molar-refractivity contribution in [2.24, 2.45) is 29.1 Å². The molecule has 0 amide bonds. The van der Waals surface area contributed by atoms with Crippen molar-refractivity contribution < 1.29 is 19.0 Å².